The van der Waals surface area contributed by atoms with E-state index in [2.05, 4.69) is 15.3 Å². The molecular formula is C74H70N4O22. The second-order valence-electron chi connectivity index (χ2n) is 24.0. The lowest BCUT2D eigenvalue weighted by atomic mass is 9.73. The third kappa shape index (κ3) is 14.9. The van der Waals surface area contributed by atoms with E-state index >= 15 is 14.4 Å². The van der Waals surface area contributed by atoms with Crippen molar-refractivity contribution in [1.82, 2.24) is 5.32 Å². The van der Waals surface area contributed by atoms with E-state index in [-0.39, 0.29) is 98.3 Å². The number of amides is 1. The Balaban J connectivity index is 1.20. The Morgan fingerprint density at radius 2 is 1.17 bits per heavy atom. The Morgan fingerprint density at radius 3 is 1.76 bits per heavy atom. The normalized spacial score (nSPS) is 22.1. The summed E-state index contributed by atoms with van der Waals surface area (Å²) in [5.41, 5.74) is 11.4. The van der Waals surface area contributed by atoms with Gasteiger partial charge in [-0.2, -0.15) is 0 Å². The van der Waals surface area contributed by atoms with Gasteiger partial charge in [0.2, 0.25) is 0 Å². The molecule has 0 saturated carbocycles. The first-order valence-electron chi connectivity index (χ1n) is 31.8. The highest BCUT2D eigenvalue weighted by Gasteiger charge is 2.56. The van der Waals surface area contributed by atoms with E-state index in [9.17, 15) is 34.6 Å². The first-order valence-corrected chi connectivity index (χ1v) is 31.8. The number of phenolic OH excluding ortho intramolecular Hbond substituents is 1. The van der Waals surface area contributed by atoms with Crippen LogP contribution >= 0.6 is 0 Å². The number of phenols is 1. The van der Waals surface area contributed by atoms with E-state index in [1.165, 1.54) is 51.3 Å². The third-order valence-electron chi connectivity index (χ3n) is 17.2. The summed E-state index contributed by atoms with van der Waals surface area (Å²) in [6.45, 7) is 6.57. The van der Waals surface area contributed by atoms with Crippen LogP contribution in [0.25, 0.3) is 21.6 Å². The number of ether oxygens (including phenoxy) is 13. The van der Waals surface area contributed by atoms with Crippen molar-refractivity contribution >= 4 is 47.3 Å². The molecule has 100 heavy (non-hydrogen) atoms. The summed E-state index contributed by atoms with van der Waals surface area (Å²) in [6.07, 6.45) is -16.5. The second-order valence-corrected chi connectivity index (χ2v) is 24.0. The minimum Gasteiger partial charge on any atom is -0.507 e. The van der Waals surface area contributed by atoms with Gasteiger partial charge in [-0.15, -0.1) is 0 Å². The summed E-state index contributed by atoms with van der Waals surface area (Å²) in [4.78, 5) is 116. The molecule has 2 heterocycles. The number of aryl methyl sites for hydroxylation is 1. The highest BCUT2D eigenvalue weighted by atomic mass is 16.8. The Labute approximate surface area is 573 Å². The molecule has 518 valence electrons. The predicted molar refractivity (Wildman–Crippen MR) is 351 cm³/mol. The number of aromatic hydroxyl groups is 1. The predicted octanol–water partition coefficient (Wildman–Crippen LogP) is 10.1. The summed E-state index contributed by atoms with van der Waals surface area (Å²) in [5, 5.41) is 18.6. The maximum atomic E-state index is 15.8. The van der Waals surface area contributed by atoms with Crippen LogP contribution in [-0.2, 0) is 86.4 Å². The van der Waals surface area contributed by atoms with Crippen molar-refractivity contribution in [2.24, 2.45) is 5.11 Å². The van der Waals surface area contributed by atoms with Crippen molar-refractivity contribution in [3.8, 4) is 34.1 Å². The molecule has 11 rings (SSSR count). The summed E-state index contributed by atoms with van der Waals surface area (Å²) >= 11 is 0. The fourth-order valence-electron chi connectivity index (χ4n) is 12.7. The Kier molecular flexibility index (Phi) is 21.7. The maximum Gasteiger partial charge on any atom is 0.338 e. The van der Waals surface area contributed by atoms with E-state index < -0.39 is 133 Å². The van der Waals surface area contributed by atoms with Crippen LogP contribution < -0.4 is 19.5 Å². The molecule has 0 radical (unpaired) electrons. The molecule has 2 aliphatic heterocycles. The molecule has 2 aliphatic carbocycles. The van der Waals surface area contributed by atoms with E-state index in [4.69, 9.17) is 61.6 Å². The molecule has 2 N–H and O–H groups in total. The topological polar surface area (TPSA) is 338 Å². The lowest BCUT2D eigenvalue weighted by molar-refractivity contribution is -0.338. The number of hydrogen-bond acceptors (Lipinski definition) is 23. The number of fused-ring (bicyclic) bond motifs is 5. The number of methoxy groups -OCH3 is 2. The van der Waals surface area contributed by atoms with Gasteiger partial charge in [-0.3, -0.25) is 28.8 Å². The zero-order chi connectivity index (χ0) is 71.1. The largest absolute Gasteiger partial charge is 0.507 e. The number of benzene rings is 7. The molecular weight excluding hydrogens is 1300 g/mol. The van der Waals surface area contributed by atoms with Gasteiger partial charge in [0.15, 0.2) is 48.6 Å². The molecule has 0 spiro atoms. The van der Waals surface area contributed by atoms with E-state index in [1.54, 1.807) is 122 Å². The van der Waals surface area contributed by atoms with Crippen LogP contribution in [0.3, 0.4) is 0 Å². The molecule has 4 aliphatic rings. The van der Waals surface area contributed by atoms with Crippen molar-refractivity contribution in [1.29, 1.82) is 0 Å². The minimum absolute atomic E-state index is 0.00653. The zero-order valence-corrected chi connectivity index (χ0v) is 55.5. The van der Waals surface area contributed by atoms with Gasteiger partial charge in [0.1, 0.15) is 60.6 Å². The quantitative estimate of drug-likeness (QED) is 0.0198. The number of azide groups is 1. The molecule has 0 aromatic heterocycles. The van der Waals surface area contributed by atoms with Gasteiger partial charge in [0.25, 0.3) is 5.91 Å². The molecule has 1 amide bonds. The van der Waals surface area contributed by atoms with Crippen molar-refractivity contribution in [2.75, 3.05) is 20.8 Å². The van der Waals surface area contributed by atoms with Gasteiger partial charge in [-0.25, -0.2) is 9.59 Å². The number of hydrogen-bond donors (Lipinski definition) is 2. The highest BCUT2D eigenvalue weighted by molar-refractivity contribution is 6.31. The summed E-state index contributed by atoms with van der Waals surface area (Å²) < 4.78 is 82.6. The molecule has 0 unspecified atom stereocenters. The first-order chi connectivity index (χ1) is 48.2. The number of carbonyl (C=O) groups excluding carboxylic acids is 8. The highest BCUT2D eigenvalue weighted by Crippen LogP contribution is 2.59. The Hall–Kier alpha value is -11.0. The summed E-state index contributed by atoms with van der Waals surface area (Å²) in [7, 11) is 2.49. The first kappa shape index (κ1) is 70.3. The molecule has 0 bridgehead atoms. The van der Waals surface area contributed by atoms with Gasteiger partial charge < -0.3 is 72.0 Å². The minimum atomic E-state index is -1.90. The number of nitrogens with one attached hydrogen (secondary N) is 1. The standard InChI is InChI=1S/C74H70N4O22/c1-37-29-50-56(65(91-34-44-23-15-10-16-24-44)54(37)70(85)76-38(2)71(86)89-8)57-51(32-49-58(66(57)92-35-45-25-17-11-18-26-45)61(84)48-30-47(88-7)31-52(82)55(48)60(49)83)62(90-33-43-21-13-9-14-22-43)63(50)99-74-69(98-72(87)46-27-19-12-20-28-46)67(59(77-78-75)39(3)94-74)100-73-68(97-42(6)81)64(96-41(5)80)53(36-93-73)95-40(4)79/h9-32,38-39,53,59,62-64,67-69,73-74,82H,33-36H2,1-8H3,(H,76,85)/t38-,39-,53-,59+,62+,63+,64+,67+,68-,69-,73+,74+/m1/s1. The number of ketones is 2. The van der Waals surface area contributed by atoms with Gasteiger partial charge >= 0.3 is 29.8 Å². The van der Waals surface area contributed by atoms with Crippen molar-refractivity contribution in [3.63, 3.8) is 0 Å². The Morgan fingerprint density at radius 1 is 0.630 bits per heavy atom. The zero-order valence-electron chi connectivity index (χ0n) is 55.5. The number of esters is 5. The third-order valence-corrected chi connectivity index (χ3v) is 17.2. The van der Waals surface area contributed by atoms with E-state index in [1.807, 2.05) is 0 Å². The van der Waals surface area contributed by atoms with Crippen LogP contribution in [0.2, 0.25) is 0 Å². The molecule has 7 aromatic carbocycles. The van der Waals surface area contributed by atoms with Crippen LogP contribution in [0.5, 0.6) is 23.0 Å². The van der Waals surface area contributed by atoms with Crippen LogP contribution in [0.1, 0.15) is 133 Å². The number of rotatable bonds is 23. The fraction of sp³-hybridized carbons (Fsp3) is 0.324. The average Bonchev–Trinajstić information content (AvgIpc) is 0.700. The smallest absolute Gasteiger partial charge is 0.338 e. The average molecular weight is 1370 g/mol. The summed E-state index contributed by atoms with van der Waals surface area (Å²) in [6, 6.07) is 37.4. The number of carbonyl (C=O) groups is 8. The molecule has 2 fully saturated rings. The van der Waals surface area contributed by atoms with Crippen LogP contribution in [0.15, 0.2) is 151 Å². The molecule has 26 nitrogen and oxygen atoms in total. The molecule has 2 saturated heterocycles. The van der Waals surface area contributed by atoms with Crippen molar-refractivity contribution in [3.05, 3.63) is 223 Å². The molecule has 12 atom stereocenters. The Bertz CT molecular complexity index is 4320. The van der Waals surface area contributed by atoms with E-state index in [0.29, 0.717) is 16.7 Å². The maximum absolute atomic E-state index is 15.8. The number of nitrogens with zero attached hydrogens (tertiary/aromatic N) is 3. The fourth-order valence-corrected chi connectivity index (χ4v) is 12.7. The van der Waals surface area contributed by atoms with Crippen molar-refractivity contribution < 1.29 is 105 Å². The van der Waals surface area contributed by atoms with Gasteiger partial charge in [0, 0.05) is 54.0 Å². The lowest BCUT2D eigenvalue weighted by Gasteiger charge is -2.48. The monoisotopic (exact) mass is 1370 g/mol. The van der Waals surface area contributed by atoms with Crippen LogP contribution in [0, 0.1) is 6.92 Å². The summed E-state index contributed by atoms with van der Waals surface area (Å²) in [5.74, 6) is -7.72. The SMILES string of the molecule is COC(=O)[C@@H](C)NC(=O)c1c(C)cc2c(c1OCc1ccccc1)-c1c(cc3c(c1OCc1ccccc1)C(=O)c1cc(OC)cc(O)c1C3=O)[C@H](OCc1ccccc1)[C@H]2O[C@@H]1O[C@H](C)[C@H](N=[N+]=[N-])[C@H](O[C@@H]2OC[C@@H](OC(C)=O)[C@H](OC(C)=O)[C@H]2OC(C)=O)[C@H]1OC(=O)c1ccccc1. The van der Waals surface area contributed by atoms with Crippen LogP contribution in [0.4, 0.5) is 0 Å². The van der Waals surface area contributed by atoms with Gasteiger partial charge in [0.05, 0.1) is 61.8 Å². The molecule has 7 aromatic rings. The lowest BCUT2D eigenvalue weighted by Crippen LogP contribution is -2.64. The van der Waals surface area contributed by atoms with E-state index in [0.717, 1.165) is 27.9 Å². The van der Waals surface area contributed by atoms with Gasteiger partial charge in [-0.05, 0) is 83.9 Å². The second kappa shape index (κ2) is 30.8. The van der Waals surface area contributed by atoms with Gasteiger partial charge in [-0.1, -0.05) is 120 Å². The molecule has 26 heteroatoms. The van der Waals surface area contributed by atoms with Crippen LogP contribution in [-0.4, -0.2) is 135 Å². The van der Waals surface area contributed by atoms with Crippen molar-refractivity contribution in [2.45, 2.75) is 135 Å².